The first-order chi connectivity index (χ1) is 9.70. The molecule has 0 saturated carbocycles. The number of rotatable bonds is 3. The summed E-state index contributed by atoms with van der Waals surface area (Å²) < 4.78 is 7.20. The van der Waals surface area contributed by atoms with E-state index in [0.717, 1.165) is 5.56 Å². The zero-order valence-electron chi connectivity index (χ0n) is 10.9. The zero-order chi connectivity index (χ0) is 14.1. The van der Waals surface area contributed by atoms with Crippen LogP contribution in [-0.2, 0) is 0 Å². The predicted octanol–water partition coefficient (Wildman–Crippen LogP) is 3.03. The Morgan fingerprint density at radius 3 is 2.85 bits per heavy atom. The lowest BCUT2D eigenvalue weighted by Crippen LogP contribution is -1.98. The molecular weight excluding hydrogens is 276 g/mol. The van der Waals surface area contributed by atoms with Crippen molar-refractivity contribution >= 4 is 22.9 Å². The maximum atomic E-state index is 6.20. The SMILES string of the molecule is CCOc1ccc(-c2nnc3cccc(Cl)n23)cc1N. The summed E-state index contributed by atoms with van der Waals surface area (Å²) in [5.74, 6) is 1.32. The highest BCUT2D eigenvalue weighted by molar-refractivity contribution is 6.29. The third-order valence-electron chi connectivity index (χ3n) is 2.95. The number of nitrogens with two attached hydrogens (primary N) is 1. The van der Waals surface area contributed by atoms with Crippen molar-refractivity contribution in [1.29, 1.82) is 0 Å². The van der Waals surface area contributed by atoms with E-state index in [-0.39, 0.29) is 0 Å². The Balaban J connectivity index is 2.14. The van der Waals surface area contributed by atoms with E-state index in [0.29, 0.717) is 34.7 Å². The van der Waals surface area contributed by atoms with E-state index in [1.54, 1.807) is 10.5 Å². The van der Waals surface area contributed by atoms with E-state index in [9.17, 15) is 0 Å². The number of ether oxygens (including phenoxy) is 1. The smallest absolute Gasteiger partial charge is 0.169 e. The molecule has 6 heteroatoms. The molecule has 0 aliphatic rings. The Morgan fingerprint density at radius 2 is 2.10 bits per heavy atom. The number of halogens is 1. The van der Waals surface area contributed by atoms with Crippen molar-refractivity contribution in [3.05, 3.63) is 41.6 Å². The molecule has 2 heterocycles. The average molecular weight is 289 g/mol. The minimum absolute atomic E-state index is 0.551. The summed E-state index contributed by atoms with van der Waals surface area (Å²) in [5, 5.41) is 8.83. The van der Waals surface area contributed by atoms with Crippen molar-refractivity contribution in [3.63, 3.8) is 0 Å². The maximum Gasteiger partial charge on any atom is 0.169 e. The number of hydrogen-bond acceptors (Lipinski definition) is 4. The van der Waals surface area contributed by atoms with Gasteiger partial charge in [-0.15, -0.1) is 10.2 Å². The quantitative estimate of drug-likeness (QED) is 0.594. The Morgan fingerprint density at radius 1 is 1.25 bits per heavy atom. The molecular formula is C14H13ClN4O. The lowest BCUT2D eigenvalue weighted by Gasteiger charge is -2.08. The van der Waals surface area contributed by atoms with E-state index < -0.39 is 0 Å². The summed E-state index contributed by atoms with van der Waals surface area (Å²) >= 11 is 6.20. The second-order valence-electron chi connectivity index (χ2n) is 4.25. The van der Waals surface area contributed by atoms with Crippen molar-refractivity contribution in [2.75, 3.05) is 12.3 Å². The van der Waals surface area contributed by atoms with Crippen molar-refractivity contribution in [3.8, 4) is 17.1 Å². The van der Waals surface area contributed by atoms with Gasteiger partial charge in [0.2, 0.25) is 0 Å². The maximum absolute atomic E-state index is 6.20. The third-order valence-corrected chi connectivity index (χ3v) is 3.24. The fraction of sp³-hybridized carbons (Fsp3) is 0.143. The largest absolute Gasteiger partial charge is 0.492 e. The summed E-state index contributed by atoms with van der Waals surface area (Å²) in [4.78, 5) is 0. The van der Waals surface area contributed by atoms with Crippen LogP contribution in [0.25, 0.3) is 17.0 Å². The van der Waals surface area contributed by atoms with Gasteiger partial charge in [-0.05, 0) is 37.3 Å². The van der Waals surface area contributed by atoms with Crippen LogP contribution in [0.3, 0.4) is 0 Å². The van der Waals surface area contributed by atoms with E-state index in [1.807, 2.05) is 37.3 Å². The highest BCUT2D eigenvalue weighted by atomic mass is 35.5. The Labute approximate surface area is 121 Å². The standard InChI is InChI=1S/C14H13ClN4O/c1-2-20-11-7-6-9(8-10(11)16)14-18-17-13-5-3-4-12(15)19(13)14/h3-8H,2,16H2,1H3. The van der Waals surface area contributed by atoms with E-state index in [1.165, 1.54) is 0 Å². The van der Waals surface area contributed by atoms with Crippen LogP contribution >= 0.6 is 11.6 Å². The molecule has 0 unspecified atom stereocenters. The Kier molecular flexibility index (Phi) is 3.20. The molecule has 3 aromatic rings. The van der Waals surface area contributed by atoms with Gasteiger partial charge in [-0.2, -0.15) is 0 Å². The first-order valence-corrected chi connectivity index (χ1v) is 6.61. The van der Waals surface area contributed by atoms with E-state index in [2.05, 4.69) is 10.2 Å². The molecule has 2 N–H and O–H groups in total. The number of fused-ring (bicyclic) bond motifs is 1. The minimum Gasteiger partial charge on any atom is -0.492 e. The van der Waals surface area contributed by atoms with Crippen LogP contribution < -0.4 is 10.5 Å². The highest BCUT2D eigenvalue weighted by Gasteiger charge is 2.12. The molecule has 5 nitrogen and oxygen atoms in total. The van der Waals surface area contributed by atoms with Crippen molar-refractivity contribution in [2.45, 2.75) is 6.92 Å². The molecule has 1 aromatic carbocycles. The first-order valence-electron chi connectivity index (χ1n) is 6.23. The third kappa shape index (κ3) is 2.06. The fourth-order valence-electron chi connectivity index (χ4n) is 2.06. The summed E-state index contributed by atoms with van der Waals surface area (Å²) in [6.45, 7) is 2.49. The van der Waals surface area contributed by atoms with Gasteiger partial charge in [0.1, 0.15) is 10.9 Å². The first kappa shape index (κ1) is 12.7. The normalized spacial score (nSPS) is 10.9. The summed E-state index contributed by atoms with van der Waals surface area (Å²) in [6.07, 6.45) is 0. The summed E-state index contributed by atoms with van der Waals surface area (Å²) in [7, 11) is 0. The Hall–Kier alpha value is -2.27. The second kappa shape index (κ2) is 5.02. The van der Waals surface area contributed by atoms with Crippen molar-refractivity contribution < 1.29 is 4.74 Å². The highest BCUT2D eigenvalue weighted by Crippen LogP contribution is 2.29. The molecule has 0 spiro atoms. The summed E-state index contributed by atoms with van der Waals surface area (Å²) in [5.41, 5.74) is 8.08. The molecule has 0 amide bonds. The number of nitrogens with zero attached hydrogens (tertiary/aromatic N) is 3. The molecule has 0 bridgehead atoms. The van der Waals surface area contributed by atoms with Crippen LogP contribution in [0.2, 0.25) is 5.15 Å². The summed E-state index contributed by atoms with van der Waals surface area (Å²) in [6, 6.07) is 11.0. The van der Waals surface area contributed by atoms with Gasteiger partial charge in [0.05, 0.1) is 12.3 Å². The predicted molar refractivity (Wildman–Crippen MR) is 79.0 cm³/mol. The van der Waals surface area contributed by atoms with Crippen LogP contribution in [0, 0.1) is 0 Å². The molecule has 3 rings (SSSR count). The monoisotopic (exact) mass is 288 g/mol. The number of anilines is 1. The van der Waals surface area contributed by atoms with Gasteiger partial charge in [0.15, 0.2) is 11.5 Å². The van der Waals surface area contributed by atoms with E-state index >= 15 is 0 Å². The molecule has 0 aliphatic heterocycles. The average Bonchev–Trinajstić information content (AvgIpc) is 2.87. The van der Waals surface area contributed by atoms with Gasteiger partial charge in [0, 0.05) is 5.56 Å². The van der Waals surface area contributed by atoms with Crippen LogP contribution in [0.4, 0.5) is 5.69 Å². The molecule has 0 atom stereocenters. The topological polar surface area (TPSA) is 65.4 Å². The van der Waals surface area contributed by atoms with Crippen LogP contribution in [0.15, 0.2) is 36.4 Å². The van der Waals surface area contributed by atoms with Gasteiger partial charge in [-0.3, -0.25) is 4.40 Å². The van der Waals surface area contributed by atoms with Crippen LogP contribution in [0.1, 0.15) is 6.92 Å². The van der Waals surface area contributed by atoms with Gasteiger partial charge < -0.3 is 10.5 Å². The molecule has 0 radical (unpaired) electrons. The van der Waals surface area contributed by atoms with Crippen LogP contribution in [0.5, 0.6) is 5.75 Å². The van der Waals surface area contributed by atoms with Crippen molar-refractivity contribution in [2.24, 2.45) is 0 Å². The van der Waals surface area contributed by atoms with Gasteiger partial charge in [-0.25, -0.2) is 0 Å². The fourth-order valence-corrected chi connectivity index (χ4v) is 2.30. The molecule has 20 heavy (non-hydrogen) atoms. The minimum atomic E-state index is 0.551. The lowest BCUT2D eigenvalue weighted by atomic mass is 10.2. The second-order valence-corrected chi connectivity index (χ2v) is 4.64. The number of benzene rings is 1. The van der Waals surface area contributed by atoms with E-state index in [4.69, 9.17) is 22.1 Å². The van der Waals surface area contributed by atoms with Gasteiger partial charge in [-0.1, -0.05) is 17.7 Å². The molecule has 0 aliphatic carbocycles. The molecule has 0 saturated heterocycles. The number of nitrogen functional groups attached to an aromatic ring is 1. The van der Waals surface area contributed by atoms with Gasteiger partial charge in [0.25, 0.3) is 0 Å². The Bertz CT molecular complexity index is 769. The molecule has 0 fully saturated rings. The molecule has 2 aromatic heterocycles. The lowest BCUT2D eigenvalue weighted by molar-refractivity contribution is 0.342. The zero-order valence-corrected chi connectivity index (χ0v) is 11.6. The molecule has 102 valence electrons. The van der Waals surface area contributed by atoms with Crippen LogP contribution in [-0.4, -0.2) is 21.2 Å². The van der Waals surface area contributed by atoms with Crippen molar-refractivity contribution in [1.82, 2.24) is 14.6 Å². The number of aromatic nitrogens is 3. The van der Waals surface area contributed by atoms with Gasteiger partial charge >= 0.3 is 0 Å². The number of pyridine rings is 1. The number of hydrogen-bond donors (Lipinski definition) is 1.